The van der Waals surface area contributed by atoms with Crippen molar-refractivity contribution in [3.63, 3.8) is 0 Å². The summed E-state index contributed by atoms with van der Waals surface area (Å²) >= 11 is 0. The Labute approximate surface area is 196 Å². The van der Waals surface area contributed by atoms with E-state index in [1.807, 2.05) is 13.8 Å². The van der Waals surface area contributed by atoms with Crippen LogP contribution in [0, 0.1) is 5.92 Å². The van der Waals surface area contributed by atoms with Gasteiger partial charge in [0, 0.05) is 24.3 Å². The van der Waals surface area contributed by atoms with Crippen LogP contribution in [0.4, 0.5) is 18.9 Å². The van der Waals surface area contributed by atoms with Gasteiger partial charge in [0.15, 0.2) is 0 Å². The Kier molecular flexibility index (Phi) is 8.19. The molecular weight excluding hydrogens is 449 g/mol. The zero-order valence-electron chi connectivity index (χ0n) is 19.2. The summed E-state index contributed by atoms with van der Waals surface area (Å²) in [4.78, 5) is 24.6. The zero-order valence-corrected chi connectivity index (χ0v) is 19.2. The quantitative estimate of drug-likeness (QED) is 0.494. The van der Waals surface area contributed by atoms with Gasteiger partial charge in [0.25, 0.3) is 0 Å². The summed E-state index contributed by atoms with van der Waals surface area (Å²) in [7, 11) is 0. The van der Waals surface area contributed by atoms with E-state index in [0.29, 0.717) is 30.7 Å². The Bertz CT molecular complexity index is 1040. The van der Waals surface area contributed by atoms with Crippen molar-refractivity contribution in [2.45, 2.75) is 45.9 Å². The van der Waals surface area contributed by atoms with E-state index < -0.39 is 17.7 Å². The van der Waals surface area contributed by atoms with Crippen molar-refractivity contribution in [1.82, 2.24) is 5.32 Å². The van der Waals surface area contributed by atoms with Gasteiger partial charge < -0.3 is 20.1 Å². The summed E-state index contributed by atoms with van der Waals surface area (Å²) in [5, 5.41) is 11.5. The molecule has 1 heterocycles. The molecule has 34 heavy (non-hydrogen) atoms. The highest BCUT2D eigenvalue weighted by atomic mass is 19.4. The third-order valence-electron chi connectivity index (χ3n) is 5.56. The highest BCUT2D eigenvalue weighted by molar-refractivity contribution is 5.96. The average molecular weight is 479 g/mol. The lowest BCUT2D eigenvalue weighted by Crippen LogP contribution is -2.37. The Morgan fingerprint density at radius 1 is 1.18 bits per heavy atom. The molecule has 6 nitrogen and oxygen atoms in total. The highest BCUT2D eigenvalue weighted by Crippen LogP contribution is 2.35. The van der Waals surface area contributed by atoms with Gasteiger partial charge in [-0.2, -0.15) is 13.2 Å². The molecule has 0 unspecified atom stereocenters. The number of alkyl halides is 3. The van der Waals surface area contributed by atoms with Gasteiger partial charge in [-0.3, -0.25) is 9.59 Å². The van der Waals surface area contributed by atoms with Crippen LogP contribution >= 0.6 is 0 Å². The van der Waals surface area contributed by atoms with Crippen molar-refractivity contribution < 1.29 is 32.6 Å². The van der Waals surface area contributed by atoms with Gasteiger partial charge in [0.2, 0.25) is 5.91 Å². The van der Waals surface area contributed by atoms with E-state index in [0.717, 1.165) is 11.3 Å². The van der Waals surface area contributed by atoms with Crippen molar-refractivity contribution in [2.24, 2.45) is 5.92 Å². The maximum absolute atomic E-state index is 13.6. The number of carboxylic acid groups (broad SMARTS) is 1. The first-order valence-electron chi connectivity index (χ1n) is 11.2. The number of hydrogen-bond acceptors (Lipinski definition) is 4. The SMILES string of the molecule is CC(C)Cc1ccc(COc2ccc3c(c2)CCN3C(=O)CNCCC(=O)O)c(C(F)(F)F)c1. The first-order chi connectivity index (χ1) is 16.0. The number of amides is 1. The molecule has 0 saturated carbocycles. The molecule has 0 saturated heterocycles. The van der Waals surface area contributed by atoms with Crippen molar-refractivity contribution >= 4 is 17.6 Å². The lowest BCUT2D eigenvalue weighted by Gasteiger charge is -2.18. The normalized spacial score (nSPS) is 13.3. The Hall–Kier alpha value is -3.07. The van der Waals surface area contributed by atoms with E-state index in [1.165, 1.54) is 12.1 Å². The zero-order chi connectivity index (χ0) is 24.9. The smallest absolute Gasteiger partial charge is 0.416 e. The fourth-order valence-electron chi connectivity index (χ4n) is 3.99. The number of hydrogen-bond donors (Lipinski definition) is 2. The summed E-state index contributed by atoms with van der Waals surface area (Å²) in [6.07, 6.45) is -3.37. The summed E-state index contributed by atoms with van der Waals surface area (Å²) in [6.45, 7) is 4.41. The number of carbonyl (C=O) groups is 2. The molecule has 2 N–H and O–H groups in total. The van der Waals surface area contributed by atoms with Gasteiger partial charge in [-0.25, -0.2) is 0 Å². The standard InChI is InChI=1S/C25H29F3N2O4/c1-16(2)11-17-3-4-19(21(12-17)25(26,27)28)15-34-20-5-6-22-18(13-20)8-10-30(22)23(31)14-29-9-7-24(32)33/h3-6,12-13,16,29H,7-11,14-15H2,1-2H3,(H,32,33). The predicted octanol–water partition coefficient (Wildman–Crippen LogP) is 4.44. The lowest BCUT2D eigenvalue weighted by molar-refractivity contribution is -0.139. The fourth-order valence-corrected chi connectivity index (χ4v) is 3.99. The minimum atomic E-state index is -4.47. The Balaban J connectivity index is 1.65. The number of nitrogens with one attached hydrogen (secondary N) is 1. The third kappa shape index (κ3) is 6.72. The molecular formula is C25H29F3N2O4. The number of anilines is 1. The molecule has 1 amide bonds. The van der Waals surface area contributed by atoms with Crippen LogP contribution < -0.4 is 15.0 Å². The molecule has 0 fully saturated rings. The monoisotopic (exact) mass is 478 g/mol. The second-order valence-corrected chi connectivity index (χ2v) is 8.78. The molecule has 1 aliphatic rings. The maximum Gasteiger partial charge on any atom is 0.416 e. The number of carboxylic acids is 1. The lowest BCUT2D eigenvalue weighted by atomic mass is 9.98. The van der Waals surface area contributed by atoms with Crippen molar-refractivity contribution in [2.75, 3.05) is 24.5 Å². The number of rotatable bonds is 10. The molecule has 0 radical (unpaired) electrons. The second-order valence-electron chi connectivity index (χ2n) is 8.78. The minimum absolute atomic E-state index is 0.0258. The van der Waals surface area contributed by atoms with Crippen LogP contribution in [0.25, 0.3) is 0 Å². The van der Waals surface area contributed by atoms with E-state index >= 15 is 0 Å². The summed E-state index contributed by atoms with van der Waals surface area (Å²) in [5.74, 6) is -0.421. The number of carbonyl (C=O) groups excluding carboxylic acids is 1. The third-order valence-corrected chi connectivity index (χ3v) is 5.56. The topological polar surface area (TPSA) is 78.9 Å². The number of benzene rings is 2. The van der Waals surface area contributed by atoms with Crippen LogP contribution in [0.1, 0.15) is 42.5 Å². The number of nitrogens with zero attached hydrogens (tertiary/aromatic N) is 1. The molecule has 0 spiro atoms. The molecule has 2 aromatic carbocycles. The highest BCUT2D eigenvalue weighted by Gasteiger charge is 2.34. The van der Waals surface area contributed by atoms with Crippen LogP contribution in [0.15, 0.2) is 36.4 Å². The Morgan fingerprint density at radius 3 is 2.62 bits per heavy atom. The molecule has 1 aliphatic heterocycles. The van der Waals surface area contributed by atoms with Crippen molar-refractivity contribution in [1.29, 1.82) is 0 Å². The fraction of sp³-hybridized carbons (Fsp3) is 0.440. The maximum atomic E-state index is 13.6. The molecule has 3 rings (SSSR count). The van der Waals surface area contributed by atoms with E-state index in [-0.39, 0.29) is 43.5 Å². The molecule has 0 bridgehead atoms. The van der Waals surface area contributed by atoms with Gasteiger partial charge in [-0.05, 0) is 54.2 Å². The average Bonchev–Trinajstić information content (AvgIpc) is 3.18. The number of fused-ring (bicyclic) bond motifs is 1. The first kappa shape index (κ1) is 25.6. The number of halogens is 3. The van der Waals surface area contributed by atoms with Crippen LogP contribution in [-0.2, 0) is 35.2 Å². The molecule has 0 aromatic heterocycles. The predicted molar refractivity (Wildman–Crippen MR) is 122 cm³/mol. The molecule has 184 valence electrons. The van der Waals surface area contributed by atoms with Crippen LogP contribution in [0.2, 0.25) is 0 Å². The first-order valence-corrected chi connectivity index (χ1v) is 11.2. The van der Waals surface area contributed by atoms with Crippen molar-refractivity contribution in [3.05, 3.63) is 58.7 Å². The molecule has 2 aromatic rings. The molecule has 0 aliphatic carbocycles. The number of aliphatic carboxylic acids is 1. The minimum Gasteiger partial charge on any atom is -0.489 e. The molecule has 0 atom stereocenters. The van der Waals surface area contributed by atoms with Crippen LogP contribution in [-0.4, -0.2) is 36.6 Å². The van der Waals surface area contributed by atoms with Gasteiger partial charge in [-0.15, -0.1) is 0 Å². The van der Waals surface area contributed by atoms with Crippen LogP contribution in [0.3, 0.4) is 0 Å². The summed E-state index contributed by atoms with van der Waals surface area (Å²) in [6, 6.07) is 9.51. The summed E-state index contributed by atoms with van der Waals surface area (Å²) in [5.41, 5.74) is 1.64. The van der Waals surface area contributed by atoms with E-state index in [2.05, 4.69) is 5.32 Å². The second kappa shape index (κ2) is 10.9. The van der Waals surface area contributed by atoms with E-state index in [9.17, 15) is 22.8 Å². The van der Waals surface area contributed by atoms with Crippen molar-refractivity contribution in [3.8, 4) is 5.75 Å². The number of ether oxygens (including phenoxy) is 1. The largest absolute Gasteiger partial charge is 0.489 e. The van der Waals surface area contributed by atoms with Gasteiger partial charge in [0.05, 0.1) is 18.5 Å². The summed E-state index contributed by atoms with van der Waals surface area (Å²) < 4.78 is 46.5. The van der Waals surface area contributed by atoms with E-state index in [1.54, 1.807) is 29.2 Å². The van der Waals surface area contributed by atoms with E-state index in [4.69, 9.17) is 9.84 Å². The van der Waals surface area contributed by atoms with Gasteiger partial charge >= 0.3 is 12.1 Å². The van der Waals surface area contributed by atoms with Gasteiger partial charge in [-0.1, -0.05) is 26.0 Å². The molecule has 9 heteroatoms. The van der Waals surface area contributed by atoms with Crippen LogP contribution in [0.5, 0.6) is 5.75 Å². The van der Waals surface area contributed by atoms with Gasteiger partial charge in [0.1, 0.15) is 12.4 Å². The Morgan fingerprint density at radius 2 is 1.94 bits per heavy atom.